The lowest BCUT2D eigenvalue weighted by atomic mass is 10.1. The molecule has 0 unspecified atom stereocenters. The lowest BCUT2D eigenvalue weighted by molar-refractivity contribution is -0.131. The van der Waals surface area contributed by atoms with Crippen molar-refractivity contribution in [3.05, 3.63) is 0 Å². The second-order valence-electron chi connectivity index (χ2n) is 4.58. The molecule has 2 amide bonds. The fraction of sp³-hybridized carbons (Fsp3) is 0.800. The van der Waals surface area contributed by atoms with E-state index in [1.54, 1.807) is 20.8 Å². The topological polar surface area (TPSA) is 46.6 Å². The van der Waals surface area contributed by atoms with E-state index in [9.17, 15) is 9.59 Å². The Morgan fingerprint density at radius 3 is 2.67 bits per heavy atom. The van der Waals surface area contributed by atoms with Crippen LogP contribution >= 0.6 is 15.9 Å². The predicted molar refractivity (Wildman–Crippen MR) is 59.9 cm³/mol. The van der Waals surface area contributed by atoms with Gasteiger partial charge in [-0.05, 0) is 33.6 Å². The van der Waals surface area contributed by atoms with Gasteiger partial charge >= 0.3 is 6.09 Å². The SMILES string of the molecule is CC(C)(C)OC(=O)N1CCC[C@H](Br)C1=O. The quantitative estimate of drug-likeness (QED) is 0.639. The largest absolute Gasteiger partial charge is 0.443 e. The minimum atomic E-state index is -0.559. The summed E-state index contributed by atoms with van der Waals surface area (Å²) in [5.41, 5.74) is -0.559. The Bertz CT molecular complexity index is 272. The van der Waals surface area contributed by atoms with E-state index in [-0.39, 0.29) is 10.7 Å². The average molecular weight is 278 g/mol. The van der Waals surface area contributed by atoms with E-state index in [0.29, 0.717) is 6.54 Å². The Hall–Kier alpha value is -0.580. The molecule has 1 heterocycles. The first-order valence-corrected chi connectivity index (χ1v) is 5.91. The Morgan fingerprint density at radius 1 is 1.53 bits per heavy atom. The number of nitrogens with zero attached hydrogens (tertiary/aromatic N) is 1. The molecule has 0 saturated carbocycles. The van der Waals surface area contributed by atoms with Crippen LogP contribution in [-0.2, 0) is 9.53 Å². The fourth-order valence-corrected chi connectivity index (χ4v) is 1.90. The summed E-state index contributed by atoms with van der Waals surface area (Å²) in [6, 6.07) is 0. The summed E-state index contributed by atoms with van der Waals surface area (Å²) in [5.74, 6) is -0.199. The highest BCUT2D eigenvalue weighted by Crippen LogP contribution is 2.20. The van der Waals surface area contributed by atoms with Crippen LogP contribution in [0.15, 0.2) is 0 Å². The molecule has 86 valence electrons. The van der Waals surface area contributed by atoms with Gasteiger partial charge in [0.2, 0.25) is 5.91 Å². The first kappa shape index (κ1) is 12.5. The molecule has 0 N–H and O–H groups in total. The number of hydrogen-bond donors (Lipinski definition) is 0. The molecule has 1 aliphatic heterocycles. The minimum absolute atomic E-state index is 0.199. The molecule has 0 aliphatic carbocycles. The summed E-state index contributed by atoms with van der Waals surface area (Å²) in [5, 5.41) is 0. The monoisotopic (exact) mass is 277 g/mol. The average Bonchev–Trinajstić information content (AvgIpc) is 2.06. The first-order chi connectivity index (χ1) is 6.81. The van der Waals surface area contributed by atoms with Gasteiger partial charge < -0.3 is 4.74 Å². The fourth-order valence-electron chi connectivity index (χ4n) is 1.33. The third-order valence-electron chi connectivity index (χ3n) is 1.99. The number of likely N-dealkylation sites (tertiary alicyclic amines) is 1. The summed E-state index contributed by atoms with van der Waals surface area (Å²) >= 11 is 3.24. The summed E-state index contributed by atoms with van der Waals surface area (Å²) < 4.78 is 5.14. The van der Waals surface area contributed by atoms with E-state index in [0.717, 1.165) is 12.8 Å². The van der Waals surface area contributed by atoms with Crippen molar-refractivity contribution in [1.29, 1.82) is 0 Å². The van der Waals surface area contributed by atoms with Crippen LogP contribution < -0.4 is 0 Å². The minimum Gasteiger partial charge on any atom is -0.443 e. The number of rotatable bonds is 0. The lowest BCUT2D eigenvalue weighted by Gasteiger charge is -2.30. The molecule has 1 aliphatic rings. The van der Waals surface area contributed by atoms with Crippen LogP contribution in [0.4, 0.5) is 4.79 Å². The molecule has 1 saturated heterocycles. The van der Waals surface area contributed by atoms with Crippen LogP contribution in [0.3, 0.4) is 0 Å². The number of piperidine rings is 1. The molecular weight excluding hydrogens is 262 g/mol. The molecule has 0 aromatic heterocycles. The third kappa shape index (κ3) is 3.48. The molecule has 1 rings (SSSR count). The summed E-state index contributed by atoms with van der Waals surface area (Å²) in [7, 11) is 0. The summed E-state index contributed by atoms with van der Waals surface area (Å²) in [6.07, 6.45) is 1.05. The maximum absolute atomic E-state index is 11.6. The van der Waals surface area contributed by atoms with E-state index in [1.807, 2.05) is 0 Å². The smallest absolute Gasteiger partial charge is 0.417 e. The van der Waals surface area contributed by atoms with Crippen LogP contribution in [0.25, 0.3) is 0 Å². The normalized spacial score (nSPS) is 22.8. The van der Waals surface area contributed by atoms with E-state index >= 15 is 0 Å². The number of amides is 2. The van der Waals surface area contributed by atoms with Crippen molar-refractivity contribution in [3.8, 4) is 0 Å². The van der Waals surface area contributed by atoms with Crippen molar-refractivity contribution in [2.75, 3.05) is 6.54 Å². The Balaban J connectivity index is 2.63. The van der Waals surface area contributed by atoms with Crippen LogP contribution in [0.5, 0.6) is 0 Å². The second kappa shape index (κ2) is 4.51. The number of carbonyl (C=O) groups excluding carboxylic acids is 2. The lowest BCUT2D eigenvalue weighted by Crippen LogP contribution is -2.47. The maximum atomic E-state index is 11.6. The zero-order chi connectivity index (χ0) is 11.6. The molecule has 0 bridgehead atoms. The zero-order valence-electron chi connectivity index (χ0n) is 9.25. The zero-order valence-corrected chi connectivity index (χ0v) is 10.8. The highest BCUT2D eigenvalue weighted by Gasteiger charge is 2.33. The predicted octanol–water partition coefficient (Wildman–Crippen LogP) is 2.31. The molecule has 0 aromatic carbocycles. The van der Waals surface area contributed by atoms with Gasteiger partial charge in [0.25, 0.3) is 0 Å². The number of hydrogen-bond acceptors (Lipinski definition) is 3. The van der Waals surface area contributed by atoms with Crippen LogP contribution in [0.1, 0.15) is 33.6 Å². The standard InChI is InChI=1S/C10H16BrNO3/c1-10(2,3)15-9(14)12-6-4-5-7(11)8(12)13/h7H,4-6H2,1-3H3/t7-/m0/s1. The Morgan fingerprint density at radius 2 is 2.13 bits per heavy atom. The van der Waals surface area contributed by atoms with E-state index in [4.69, 9.17) is 4.74 Å². The van der Waals surface area contributed by atoms with Gasteiger partial charge in [0.15, 0.2) is 0 Å². The van der Waals surface area contributed by atoms with E-state index < -0.39 is 11.7 Å². The van der Waals surface area contributed by atoms with Gasteiger partial charge in [0, 0.05) is 6.54 Å². The molecule has 5 heteroatoms. The van der Waals surface area contributed by atoms with Crippen molar-refractivity contribution in [1.82, 2.24) is 4.90 Å². The van der Waals surface area contributed by atoms with Crippen molar-refractivity contribution in [2.45, 2.75) is 44.0 Å². The molecule has 0 spiro atoms. The van der Waals surface area contributed by atoms with Gasteiger partial charge in [-0.25, -0.2) is 9.69 Å². The van der Waals surface area contributed by atoms with Gasteiger partial charge in [0.1, 0.15) is 5.60 Å². The number of ether oxygens (including phenoxy) is 1. The van der Waals surface area contributed by atoms with Crippen molar-refractivity contribution < 1.29 is 14.3 Å². The van der Waals surface area contributed by atoms with Gasteiger partial charge in [-0.15, -0.1) is 0 Å². The van der Waals surface area contributed by atoms with Gasteiger partial charge in [-0.1, -0.05) is 15.9 Å². The molecular formula is C10H16BrNO3. The van der Waals surface area contributed by atoms with E-state index in [2.05, 4.69) is 15.9 Å². The number of imide groups is 1. The van der Waals surface area contributed by atoms with Gasteiger partial charge in [-0.3, -0.25) is 4.79 Å². The van der Waals surface area contributed by atoms with Crippen molar-refractivity contribution in [2.24, 2.45) is 0 Å². The Kier molecular flexibility index (Phi) is 3.76. The third-order valence-corrected chi connectivity index (χ3v) is 2.84. The highest BCUT2D eigenvalue weighted by molar-refractivity contribution is 9.10. The number of halogens is 1. The molecule has 1 fully saturated rings. The van der Waals surface area contributed by atoms with Crippen molar-refractivity contribution >= 4 is 27.9 Å². The van der Waals surface area contributed by atoms with Crippen LogP contribution in [0, 0.1) is 0 Å². The van der Waals surface area contributed by atoms with Crippen LogP contribution in [-0.4, -0.2) is 33.9 Å². The van der Waals surface area contributed by atoms with Crippen LogP contribution in [0.2, 0.25) is 0 Å². The van der Waals surface area contributed by atoms with Gasteiger partial charge in [-0.2, -0.15) is 0 Å². The summed E-state index contributed by atoms with van der Waals surface area (Å²) in [6.45, 7) is 5.80. The number of alkyl halides is 1. The molecule has 1 atom stereocenters. The molecule has 0 radical (unpaired) electrons. The molecule has 0 aromatic rings. The van der Waals surface area contributed by atoms with Gasteiger partial charge in [0.05, 0.1) is 4.83 Å². The summed E-state index contributed by atoms with van der Waals surface area (Å²) in [4.78, 5) is 24.2. The number of carbonyl (C=O) groups is 2. The van der Waals surface area contributed by atoms with Crippen molar-refractivity contribution in [3.63, 3.8) is 0 Å². The highest BCUT2D eigenvalue weighted by atomic mass is 79.9. The Labute approximate surface area is 98.1 Å². The first-order valence-electron chi connectivity index (χ1n) is 5.00. The maximum Gasteiger partial charge on any atom is 0.417 e. The molecule has 4 nitrogen and oxygen atoms in total. The van der Waals surface area contributed by atoms with E-state index in [1.165, 1.54) is 4.90 Å². The second-order valence-corrected chi connectivity index (χ2v) is 5.69. The molecule has 15 heavy (non-hydrogen) atoms.